The minimum atomic E-state index is -0.720. The van der Waals surface area contributed by atoms with Crippen LogP contribution >= 0.6 is 0 Å². The van der Waals surface area contributed by atoms with E-state index in [4.69, 9.17) is 9.94 Å². The summed E-state index contributed by atoms with van der Waals surface area (Å²) < 4.78 is 5.00. The zero-order valence-corrected chi connectivity index (χ0v) is 11.5. The first kappa shape index (κ1) is 16.7. The van der Waals surface area contributed by atoms with Gasteiger partial charge in [0.25, 0.3) is 5.91 Å². The third-order valence-corrected chi connectivity index (χ3v) is 1.88. The molecule has 0 aromatic carbocycles. The van der Waals surface area contributed by atoms with Crippen molar-refractivity contribution in [1.82, 2.24) is 16.3 Å². The first-order valence-electron chi connectivity index (χ1n) is 5.84. The van der Waals surface area contributed by atoms with Gasteiger partial charge in [-0.1, -0.05) is 13.8 Å². The Balaban J connectivity index is 4.26. The van der Waals surface area contributed by atoms with Crippen LogP contribution in [0.15, 0.2) is 0 Å². The van der Waals surface area contributed by atoms with E-state index < -0.39 is 23.6 Å². The maximum atomic E-state index is 11.4. The van der Waals surface area contributed by atoms with Crippen molar-refractivity contribution >= 4 is 12.0 Å². The van der Waals surface area contributed by atoms with Crippen LogP contribution in [0.3, 0.4) is 0 Å². The van der Waals surface area contributed by atoms with Gasteiger partial charge in [0.05, 0.1) is 0 Å². The highest BCUT2D eigenvalue weighted by molar-refractivity contribution is 5.81. The molecule has 0 unspecified atom stereocenters. The number of carbonyl (C=O) groups excluding carboxylic acids is 2. The quantitative estimate of drug-likeness (QED) is 0.436. The number of hydrazine groups is 1. The number of amides is 2. The SMILES string of the molecule is CC(C)C[C@H](NNC(=O)OC(C)(C)C)C(=O)NO. The predicted octanol–water partition coefficient (Wildman–Crippen LogP) is 0.936. The van der Waals surface area contributed by atoms with E-state index in [0.29, 0.717) is 6.42 Å². The standard InChI is InChI=1S/C11H23N3O4/c1-7(2)6-8(9(15)14-17)12-13-10(16)18-11(3,4)5/h7-8,12,17H,6H2,1-5H3,(H,13,16)(H,14,15)/t8-/m0/s1. The lowest BCUT2D eigenvalue weighted by Gasteiger charge is -2.22. The first-order chi connectivity index (χ1) is 8.15. The van der Waals surface area contributed by atoms with Gasteiger partial charge in [-0.3, -0.25) is 15.4 Å². The Kier molecular flexibility index (Phi) is 6.64. The van der Waals surface area contributed by atoms with Gasteiger partial charge in [-0.2, -0.15) is 0 Å². The van der Waals surface area contributed by atoms with Gasteiger partial charge >= 0.3 is 6.09 Å². The van der Waals surface area contributed by atoms with E-state index in [1.165, 1.54) is 0 Å². The number of rotatable bonds is 5. The summed E-state index contributed by atoms with van der Waals surface area (Å²) in [5, 5.41) is 8.59. The summed E-state index contributed by atoms with van der Waals surface area (Å²) in [7, 11) is 0. The Hall–Kier alpha value is -1.34. The molecule has 0 spiro atoms. The molecular weight excluding hydrogens is 238 g/mol. The van der Waals surface area contributed by atoms with Gasteiger partial charge in [0.2, 0.25) is 0 Å². The summed E-state index contributed by atoms with van der Waals surface area (Å²) in [5.74, 6) is -0.389. The Morgan fingerprint density at radius 2 is 1.83 bits per heavy atom. The van der Waals surface area contributed by atoms with Gasteiger partial charge in [0.1, 0.15) is 11.6 Å². The van der Waals surface area contributed by atoms with Crippen molar-refractivity contribution < 1.29 is 19.5 Å². The highest BCUT2D eigenvalue weighted by atomic mass is 16.6. The maximum absolute atomic E-state index is 11.4. The van der Waals surface area contributed by atoms with Crippen LogP contribution in [0.1, 0.15) is 41.0 Å². The van der Waals surface area contributed by atoms with Crippen molar-refractivity contribution in [2.75, 3.05) is 0 Å². The molecule has 0 rings (SSSR count). The number of hydrogen-bond donors (Lipinski definition) is 4. The minimum absolute atomic E-state index is 0.222. The largest absolute Gasteiger partial charge is 0.443 e. The summed E-state index contributed by atoms with van der Waals surface area (Å²) in [5.41, 5.74) is 5.74. The Labute approximate surface area is 107 Å². The molecule has 7 nitrogen and oxygen atoms in total. The first-order valence-corrected chi connectivity index (χ1v) is 5.84. The topological polar surface area (TPSA) is 99.7 Å². The van der Waals surface area contributed by atoms with Crippen LogP contribution in [-0.4, -0.2) is 28.9 Å². The van der Waals surface area contributed by atoms with Crippen molar-refractivity contribution in [2.45, 2.75) is 52.7 Å². The lowest BCUT2D eigenvalue weighted by Crippen LogP contribution is -2.52. The Morgan fingerprint density at radius 3 is 2.22 bits per heavy atom. The molecule has 0 aliphatic carbocycles. The zero-order valence-electron chi connectivity index (χ0n) is 11.5. The molecule has 106 valence electrons. The van der Waals surface area contributed by atoms with Crippen molar-refractivity contribution in [2.24, 2.45) is 5.92 Å². The molecule has 0 aromatic rings. The number of ether oxygens (including phenoxy) is 1. The number of nitrogens with one attached hydrogen (secondary N) is 3. The second-order valence-corrected chi connectivity index (χ2v) is 5.43. The fourth-order valence-corrected chi connectivity index (χ4v) is 1.23. The van der Waals surface area contributed by atoms with E-state index in [1.807, 2.05) is 13.8 Å². The summed E-state index contributed by atoms with van der Waals surface area (Å²) in [6.45, 7) is 9.05. The van der Waals surface area contributed by atoms with Crippen molar-refractivity contribution in [3.63, 3.8) is 0 Å². The second-order valence-electron chi connectivity index (χ2n) is 5.43. The number of carbonyl (C=O) groups is 2. The van der Waals surface area contributed by atoms with Gasteiger partial charge in [-0.25, -0.2) is 15.7 Å². The number of hydrogen-bond acceptors (Lipinski definition) is 5. The van der Waals surface area contributed by atoms with E-state index in [-0.39, 0.29) is 5.92 Å². The summed E-state index contributed by atoms with van der Waals surface area (Å²) >= 11 is 0. The highest BCUT2D eigenvalue weighted by Gasteiger charge is 2.21. The molecule has 0 aliphatic heterocycles. The average Bonchev–Trinajstić information content (AvgIpc) is 2.20. The monoisotopic (exact) mass is 261 g/mol. The molecule has 1 atom stereocenters. The molecular formula is C11H23N3O4. The third kappa shape index (κ3) is 7.86. The van der Waals surface area contributed by atoms with Crippen molar-refractivity contribution in [1.29, 1.82) is 0 Å². The van der Waals surface area contributed by atoms with Crippen LogP contribution < -0.4 is 16.3 Å². The predicted molar refractivity (Wildman–Crippen MR) is 65.7 cm³/mol. The van der Waals surface area contributed by atoms with E-state index >= 15 is 0 Å². The normalized spacial score (nSPS) is 13.1. The lowest BCUT2D eigenvalue weighted by molar-refractivity contribution is -0.132. The van der Waals surface area contributed by atoms with Gasteiger partial charge in [-0.05, 0) is 33.1 Å². The molecule has 0 fully saturated rings. The fourth-order valence-electron chi connectivity index (χ4n) is 1.23. The Bertz CT molecular complexity index is 287. The summed E-state index contributed by atoms with van der Waals surface area (Å²) in [6, 6.07) is -0.720. The highest BCUT2D eigenvalue weighted by Crippen LogP contribution is 2.07. The molecule has 0 heterocycles. The van der Waals surface area contributed by atoms with Crippen molar-refractivity contribution in [3.05, 3.63) is 0 Å². The van der Waals surface area contributed by atoms with Crippen LogP contribution in [-0.2, 0) is 9.53 Å². The fraction of sp³-hybridized carbons (Fsp3) is 0.818. The molecule has 0 bridgehead atoms. The minimum Gasteiger partial charge on any atom is -0.443 e. The van der Waals surface area contributed by atoms with E-state index in [9.17, 15) is 9.59 Å². The smallest absolute Gasteiger partial charge is 0.422 e. The molecule has 2 amide bonds. The van der Waals surface area contributed by atoms with Gasteiger partial charge < -0.3 is 4.74 Å². The molecule has 0 aromatic heterocycles. The third-order valence-electron chi connectivity index (χ3n) is 1.88. The van der Waals surface area contributed by atoms with Crippen LogP contribution in [0.2, 0.25) is 0 Å². The Morgan fingerprint density at radius 1 is 1.28 bits per heavy atom. The second kappa shape index (κ2) is 7.17. The molecule has 0 radical (unpaired) electrons. The maximum Gasteiger partial charge on any atom is 0.422 e. The molecule has 18 heavy (non-hydrogen) atoms. The average molecular weight is 261 g/mol. The van der Waals surface area contributed by atoms with Gasteiger partial charge in [-0.15, -0.1) is 0 Å². The van der Waals surface area contributed by atoms with Crippen LogP contribution in [0.5, 0.6) is 0 Å². The van der Waals surface area contributed by atoms with Gasteiger partial charge in [0.15, 0.2) is 0 Å². The van der Waals surface area contributed by atoms with Gasteiger partial charge in [0, 0.05) is 0 Å². The summed E-state index contributed by atoms with van der Waals surface area (Å²) in [4.78, 5) is 22.7. The van der Waals surface area contributed by atoms with Crippen LogP contribution in [0, 0.1) is 5.92 Å². The lowest BCUT2D eigenvalue weighted by atomic mass is 10.0. The van der Waals surface area contributed by atoms with Crippen LogP contribution in [0.25, 0.3) is 0 Å². The van der Waals surface area contributed by atoms with E-state index in [0.717, 1.165) is 0 Å². The molecule has 7 heteroatoms. The molecule has 0 saturated carbocycles. The summed E-state index contributed by atoms with van der Waals surface area (Å²) in [6.07, 6.45) is -0.218. The molecule has 0 saturated heterocycles. The van der Waals surface area contributed by atoms with E-state index in [1.54, 1.807) is 26.3 Å². The zero-order chi connectivity index (χ0) is 14.3. The number of hydroxylamine groups is 1. The molecule has 0 aliphatic rings. The van der Waals surface area contributed by atoms with Crippen molar-refractivity contribution in [3.8, 4) is 0 Å². The van der Waals surface area contributed by atoms with E-state index in [2.05, 4.69) is 10.9 Å². The van der Waals surface area contributed by atoms with Crippen LogP contribution in [0.4, 0.5) is 4.79 Å². The molecule has 4 N–H and O–H groups in total.